The zero-order valence-corrected chi connectivity index (χ0v) is 13.7. The molecule has 0 saturated carbocycles. The highest BCUT2D eigenvalue weighted by Gasteiger charge is 2.14. The molecule has 0 aliphatic rings. The fourth-order valence-electron chi connectivity index (χ4n) is 1.94. The summed E-state index contributed by atoms with van der Waals surface area (Å²) in [6.07, 6.45) is 0. The number of hydrogen-bond acceptors (Lipinski definition) is 1. The van der Waals surface area contributed by atoms with Crippen LogP contribution in [0, 0.1) is 6.92 Å². The largest absolute Gasteiger partial charge is 0.495 e. The Kier molecular flexibility index (Phi) is 4.77. The average Bonchev–Trinajstić information content (AvgIpc) is 2.38. The number of rotatable bonds is 3. The first kappa shape index (κ1) is 14.7. The molecule has 0 bridgehead atoms. The molecule has 0 heterocycles. The fourth-order valence-corrected chi connectivity index (χ4v) is 3.23. The molecule has 0 aliphatic carbocycles. The van der Waals surface area contributed by atoms with Crippen molar-refractivity contribution in [2.75, 3.05) is 7.11 Å². The highest BCUT2D eigenvalue weighted by molar-refractivity contribution is 9.09. The van der Waals surface area contributed by atoms with E-state index in [1.165, 1.54) is 5.56 Å². The molecular formula is C15H13BrCl2O. The van der Waals surface area contributed by atoms with E-state index in [0.29, 0.717) is 10.8 Å². The molecule has 100 valence electrons. The smallest absolute Gasteiger partial charge is 0.137 e. The molecular weight excluding hydrogens is 347 g/mol. The summed E-state index contributed by atoms with van der Waals surface area (Å²) in [5.41, 5.74) is 3.39. The molecule has 2 rings (SSSR count). The topological polar surface area (TPSA) is 9.23 Å². The number of ether oxygens (including phenoxy) is 1. The zero-order chi connectivity index (χ0) is 14.0. The SMILES string of the molecule is COc1ccc(C(Br)c2ccc(Cl)cc2C)cc1Cl. The average molecular weight is 360 g/mol. The van der Waals surface area contributed by atoms with Crippen LogP contribution in [-0.4, -0.2) is 7.11 Å². The maximum atomic E-state index is 6.16. The molecule has 4 heteroatoms. The van der Waals surface area contributed by atoms with E-state index in [2.05, 4.69) is 15.9 Å². The van der Waals surface area contributed by atoms with E-state index in [0.717, 1.165) is 16.1 Å². The number of alkyl halides is 1. The Labute approximate surface area is 131 Å². The Balaban J connectivity index is 2.38. The lowest BCUT2D eigenvalue weighted by atomic mass is 10.0. The van der Waals surface area contributed by atoms with Gasteiger partial charge in [-0.2, -0.15) is 0 Å². The zero-order valence-electron chi connectivity index (χ0n) is 10.6. The molecule has 2 aromatic rings. The summed E-state index contributed by atoms with van der Waals surface area (Å²) in [4.78, 5) is 0.0770. The third-order valence-electron chi connectivity index (χ3n) is 2.97. The number of methoxy groups -OCH3 is 1. The molecule has 1 unspecified atom stereocenters. The van der Waals surface area contributed by atoms with E-state index in [1.54, 1.807) is 7.11 Å². The van der Waals surface area contributed by atoms with Crippen LogP contribution in [0.1, 0.15) is 21.5 Å². The summed E-state index contributed by atoms with van der Waals surface area (Å²) in [6, 6.07) is 11.7. The maximum absolute atomic E-state index is 6.16. The first-order valence-corrected chi connectivity index (χ1v) is 7.43. The Bertz CT molecular complexity index is 599. The van der Waals surface area contributed by atoms with E-state index in [4.69, 9.17) is 27.9 Å². The Morgan fingerprint density at radius 2 is 1.84 bits per heavy atom. The number of hydrogen-bond donors (Lipinski definition) is 0. The van der Waals surface area contributed by atoms with Crippen molar-refractivity contribution in [1.82, 2.24) is 0 Å². The summed E-state index contributed by atoms with van der Waals surface area (Å²) in [7, 11) is 1.61. The van der Waals surface area contributed by atoms with Crippen LogP contribution >= 0.6 is 39.1 Å². The van der Waals surface area contributed by atoms with Gasteiger partial charge >= 0.3 is 0 Å². The molecule has 0 N–H and O–H groups in total. The molecule has 19 heavy (non-hydrogen) atoms. The molecule has 1 nitrogen and oxygen atoms in total. The second-order valence-electron chi connectivity index (χ2n) is 4.26. The van der Waals surface area contributed by atoms with Crippen molar-refractivity contribution in [3.63, 3.8) is 0 Å². The quantitative estimate of drug-likeness (QED) is 0.629. The first-order valence-electron chi connectivity index (χ1n) is 5.76. The number of benzene rings is 2. The molecule has 0 aromatic heterocycles. The second-order valence-corrected chi connectivity index (χ2v) is 6.02. The van der Waals surface area contributed by atoms with Crippen molar-refractivity contribution in [2.45, 2.75) is 11.8 Å². The van der Waals surface area contributed by atoms with E-state index in [-0.39, 0.29) is 4.83 Å². The Hall–Kier alpha value is -0.700. The molecule has 0 amide bonds. The van der Waals surface area contributed by atoms with Crippen LogP contribution in [0.2, 0.25) is 10.0 Å². The third-order valence-corrected chi connectivity index (χ3v) is 4.53. The van der Waals surface area contributed by atoms with Gasteiger partial charge in [-0.1, -0.05) is 51.3 Å². The van der Waals surface area contributed by atoms with Crippen molar-refractivity contribution < 1.29 is 4.74 Å². The van der Waals surface area contributed by atoms with Crippen molar-refractivity contribution >= 4 is 39.1 Å². The summed E-state index contributed by atoms with van der Waals surface area (Å²) < 4.78 is 5.16. The van der Waals surface area contributed by atoms with Crippen LogP contribution in [0.5, 0.6) is 5.75 Å². The summed E-state index contributed by atoms with van der Waals surface area (Å²) in [5, 5.41) is 1.35. The first-order chi connectivity index (χ1) is 9.02. The minimum absolute atomic E-state index is 0.0770. The lowest BCUT2D eigenvalue weighted by Gasteiger charge is -2.15. The van der Waals surface area contributed by atoms with Crippen molar-refractivity contribution in [3.8, 4) is 5.75 Å². The van der Waals surface area contributed by atoms with Crippen molar-refractivity contribution in [1.29, 1.82) is 0 Å². The maximum Gasteiger partial charge on any atom is 0.137 e. The highest BCUT2D eigenvalue weighted by Crippen LogP contribution is 2.36. The van der Waals surface area contributed by atoms with Crippen LogP contribution in [0.25, 0.3) is 0 Å². The van der Waals surface area contributed by atoms with Gasteiger partial charge in [0.25, 0.3) is 0 Å². The minimum Gasteiger partial charge on any atom is -0.495 e. The molecule has 0 spiro atoms. The lowest BCUT2D eigenvalue weighted by Crippen LogP contribution is -1.96. The molecule has 0 saturated heterocycles. The van der Waals surface area contributed by atoms with E-state index >= 15 is 0 Å². The minimum atomic E-state index is 0.0770. The summed E-state index contributed by atoms with van der Waals surface area (Å²) in [5.74, 6) is 0.679. The van der Waals surface area contributed by atoms with Gasteiger partial charge in [-0.05, 0) is 47.9 Å². The Morgan fingerprint density at radius 1 is 1.11 bits per heavy atom. The van der Waals surface area contributed by atoms with Crippen LogP contribution in [-0.2, 0) is 0 Å². The van der Waals surface area contributed by atoms with Crippen molar-refractivity contribution in [2.24, 2.45) is 0 Å². The predicted octanol–water partition coefficient (Wildman–Crippen LogP) is 5.79. The standard InChI is InChI=1S/C15H13BrCl2O/c1-9-7-11(17)4-5-12(9)15(16)10-3-6-14(19-2)13(18)8-10/h3-8,15H,1-2H3. The predicted molar refractivity (Wildman–Crippen MR) is 85.0 cm³/mol. The van der Waals surface area contributed by atoms with Crippen LogP contribution in [0.4, 0.5) is 0 Å². The van der Waals surface area contributed by atoms with Crippen molar-refractivity contribution in [3.05, 3.63) is 63.1 Å². The van der Waals surface area contributed by atoms with E-state index in [1.807, 2.05) is 43.3 Å². The second kappa shape index (κ2) is 6.17. The van der Waals surface area contributed by atoms with Gasteiger partial charge < -0.3 is 4.74 Å². The van der Waals surface area contributed by atoms with Gasteiger partial charge in [0.2, 0.25) is 0 Å². The van der Waals surface area contributed by atoms with Gasteiger partial charge in [0.05, 0.1) is 17.0 Å². The fraction of sp³-hybridized carbons (Fsp3) is 0.200. The van der Waals surface area contributed by atoms with Gasteiger partial charge in [0.15, 0.2) is 0 Å². The molecule has 1 atom stereocenters. The van der Waals surface area contributed by atoms with Crippen LogP contribution in [0.3, 0.4) is 0 Å². The molecule has 2 aromatic carbocycles. The third kappa shape index (κ3) is 3.25. The normalized spacial score (nSPS) is 12.3. The molecule has 0 radical (unpaired) electrons. The highest BCUT2D eigenvalue weighted by atomic mass is 79.9. The van der Waals surface area contributed by atoms with Crippen LogP contribution < -0.4 is 4.74 Å². The van der Waals surface area contributed by atoms with Gasteiger partial charge in [-0.15, -0.1) is 0 Å². The van der Waals surface area contributed by atoms with Gasteiger partial charge in [-0.25, -0.2) is 0 Å². The summed E-state index contributed by atoms with van der Waals surface area (Å²) in [6.45, 7) is 2.04. The van der Waals surface area contributed by atoms with Crippen LogP contribution in [0.15, 0.2) is 36.4 Å². The summed E-state index contributed by atoms with van der Waals surface area (Å²) >= 11 is 15.8. The molecule has 0 fully saturated rings. The van der Waals surface area contributed by atoms with Gasteiger partial charge in [0, 0.05) is 5.02 Å². The van der Waals surface area contributed by atoms with Gasteiger partial charge in [-0.3, -0.25) is 0 Å². The Morgan fingerprint density at radius 3 is 2.42 bits per heavy atom. The number of aryl methyl sites for hydroxylation is 1. The van der Waals surface area contributed by atoms with E-state index in [9.17, 15) is 0 Å². The lowest BCUT2D eigenvalue weighted by molar-refractivity contribution is 0.415. The number of halogens is 3. The monoisotopic (exact) mass is 358 g/mol. The molecule has 0 aliphatic heterocycles. The van der Waals surface area contributed by atoms with Gasteiger partial charge in [0.1, 0.15) is 5.75 Å². The van der Waals surface area contributed by atoms with E-state index < -0.39 is 0 Å².